The lowest BCUT2D eigenvalue weighted by Gasteiger charge is -2.13. The predicted molar refractivity (Wildman–Crippen MR) is 67.1 cm³/mol. The van der Waals surface area contributed by atoms with E-state index in [2.05, 4.69) is 15.9 Å². The smallest absolute Gasteiger partial charge is 0.167 e. The van der Waals surface area contributed by atoms with Crippen LogP contribution in [0.3, 0.4) is 0 Å². The summed E-state index contributed by atoms with van der Waals surface area (Å²) in [6, 6.07) is 3.94. The van der Waals surface area contributed by atoms with Crippen molar-refractivity contribution in [3.05, 3.63) is 27.7 Å². The molecule has 0 N–H and O–H groups in total. The number of hydrogen-bond acceptors (Lipinski definition) is 2. The lowest BCUT2D eigenvalue weighted by atomic mass is 10.1. The van der Waals surface area contributed by atoms with Crippen LogP contribution in [0, 0.1) is 5.92 Å². The molecule has 0 amide bonds. The molecule has 1 atom stereocenters. The van der Waals surface area contributed by atoms with Gasteiger partial charge in [-0.05, 0) is 47.8 Å². The fourth-order valence-electron chi connectivity index (χ4n) is 2.05. The lowest BCUT2D eigenvalue weighted by Crippen LogP contribution is -2.08. The Bertz CT molecular complexity index is 438. The number of hydrogen-bond donors (Lipinski definition) is 0. The first-order chi connectivity index (χ1) is 7.50. The Kier molecular flexibility index (Phi) is 3.06. The van der Waals surface area contributed by atoms with Crippen LogP contribution >= 0.6 is 15.9 Å². The van der Waals surface area contributed by atoms with E-state index in [4.69, 9.17) is 4.74 Å². The van der Waals surface area contributed by atoms with Gasteiger partial charge in [-0.3, -0.25) is 4.79 Å². The van der Waals surface area contributed by atoms with Crippen LogP contribution in [0.2, 0.25) is 0 Å². The van der Waals surface area contributed by atoms with Gasteiger partial charge in [0.05, 0.1) is 10.6 Å². The molecule has 1 aromatic carbocycles. The van der Waals surface area contributed by atoms with Crippen molar-refractivity contribution in [2.24, 2.45) is 5.92 Å². The second-order valence-electron chi connectivity index (χ2n) is 4.55. The molecule has 0 radical (unpaired) electrons. The molecule has 0 heterocycles. The first-order valence-electron chi connectivity index (χ1n) is 5.53. The molecule has 3 heteroatoms. The largest absolute Gasteiger partial charge is 0.490 e. The molecule has 1 aliphatic carbocycles. The third-order valence-electron chi connectivity index (χ3n) is 2.78. The molecule has 1 aliphatic rings. The van der Waals surface area contributed by atoms with Crippen molar-refractivity contribution in [2.45, 2.75) is 33.3 Å². The summed E-state index contributed by atoms with van der Waals surface area (Å²) in [6.07, 6.45) is 0.956. The standard InChI is InChI=1S/C13H15BrO2/c1-7(2)16-10-5-4-9-6-8(3)13(15)11(9)12(10)14/h4-5,7-8H,6H2,1-3H3. The van der Waals surface area contributed by atoms with Gasteiger partial charge in [0.25, 0.3) is 0 Å². The number of ether oxygens (including phenoxy) is 1. The van der Waals surface area contributed by atoms with Crippen molar-refractivity contribution < 1.29 is 9.53 Å². The van der Waals surface area contributed by atoms with Gasteiger partial charge in [-0.25, -0.2) is 0 Å². The summed E-state index contributed by atoms with van der Waals surface area (Å²) in [5.41, 5.74) is 1.94. The minimum atomic E-state index is 0.0978. The second kappa shape index (κ2) is 4.21. The monoisotopic (exact) mass is 282 g/mol. The molecule has 0 aliphatic heterocycles. The second-order valence-corrected chi connectivity index (χ2v) is 5.34. The summed E-state index contributed by atoms with van der Waals surface area (Å²) in [7, 11) is 0. The number of ketones is 1. The molecule has 0 bridgehead atoms. The average Bonchev–Trinajstić information content (AvgIpc) is 2.48. The number of carbonyl (C=O) groups excluding carboxylic acids is 1. The average molecular weight is 283 g/mol. The maximum atomic E-state index is 12.0. The molecule has 0 fully saturated rings. The Labute approximate surface area is 104 Å². The molecule has 0 saturated carbocycles. The van der Waals surface area contributed by atoms with Crippen molar-refractivity contribution >= 4 is 21.7 Å². The number of rotatable bonds is 2. The van der Waals surface area contributed by atoms with E-state index in [1.165, 1.54) is 0 Å². The van der Waals surface area contributed by atoms with Crippen LogP contribution in [0.1, 0.15) is 36.7 Å². The fourth-order valence-corrected chi connectivity index (χ4v) is 2.72. The first kappa shape index (κ1) is 11.6. The number of fused-ring (bicyclic) bond motifs is 1. The van der Waals surface area contributed by atoms with Crippen LogP contribution in [0.15, 0.2) is 16.6 Å². The third kappa shape index (κ3) is 1.88. The van der Waals surface area contributed by atoms with Crippen molar-refractivity contribution in [2.75, 3.05) is 0 Å². The Morgan fingerprint density at radius 1 is 1.44 bits per heavy atom. The summed E-state index contributed by atoms with van der Waals surface area (Å²) in [6.45, 7) is 5.92. The van der Waals surface area contributed by atoms with Gasteiger partial charge < -0.3 is 4.74 Å². The zero-order valence-electron chi connectivity index (χ0n) is 9.71. The third-order valence-corrected chi connectivity index (χ3v) is 3.56. The van der Waals surface area contributed by atoms with E-state index in [1.807, 2.05) is 32.9 Å². The maximum absolute atomic E-state index is 12.0. The Balaban J connectivity index is 2.45. The number of benzene rings is 1. The Morgan fingerprint density at radius 2 is 2.12 bits per heavy atom. The summed E-state index contributed by atoms with van der Waals surface area (Å²) in [5, 5.41) is 0. The van der Waals surface area contributed by atoms with Gasteiger partial charge in [-0.1, -0.05) is 13.0 Å². The van der Waals surface area contributed by atoms with E-state index in [1.54, 1.807) is 0 Å². The topological polar surface area (TPSA) is 26.3 Å². The van der Waals surface area contributed by atoms with Gasteiger partial charge in [-0.15, -0.1) is 0 Å². The van der Waals surface area contributed by atoms with Crippen molar-refractivity contribution in [1.82, 2.24) is 0 Å². The maximum Gasteiger partial charge on any atom is 0.167 e. The first-order valence-corrected chi connectivity index (χ1v) is 6.32. The highest BCUT2D eigenvalue weighted by atomic mass is 79.9. The minimum absolute atomic E-state index is 0.0978. The highest BCUT2D eigenvalue weighted by Crippen LogP contribution is 2.38. The molecule has 16 heavy (non-hydrogen) atoms. The number of halogens is 1. The van der Waals surface area contributed by atoms with Crippen molar-refractivity contribution in [3.63, 3.8) is 0 Å². The van der Waals surface area contributed by atoms with Crippen LogP contribution in [0.5, 0.6) is 5.75 Å². The van der Waals surface area contributed by atoms with Gasteiger partial charge in [0.2, 0.25) is 0 Å². The SMILES string of the molecule is CC(C)Oc1ccc2c(c1Br)C(=O)C(C)C2. The summed E-state index contributed by atoms with van der Waals surface area (Å²) < 4.78 is 6.47. The van der Waals surface area contributed by atoms with Crippen LogP contribution < -0.4 is 4.74 Å². The summed E-state index contributed by atoms with van der Waals surface area (Å²) in [5.74, 6) is 1.08. The van der Waals surface area contributed by atoms with Crippen molar-refractivity contribution in [1.29, 1.82) is 0 Å². The zero-order chi connectivity index (χ0) is 11.9. The van der Waals surface area contributed by atoms with Crippen LogP contribution in [0.4, 0.5) is 0 Å². The predicted octanol–water partition coefficient (Wildman–Crippen LogP) is 3.61. The molecular weight excluding hydrogens is 268 g/mol. The van der Waals surface area contributed by atoms with Gasteiger partial charge in [0, 0.05) is 11.5 Å². The number of carbonyl (C=O) groups is 1. The quantitative estimate of drug-likeness (QED) is 0.828. The van der Waals surface area contributed by atoms with E-state index in [-0.39, 0.29) is 17.8 Å². The van der Waals surface area contributed by atoms with Crippen LogP contribution in [-0.2, 0) is 6.42 Å². The molecular formula is C13H15BrO2. The van der Waals surface area contributed by atoms with E-state index in [9.17, 15) is 4.79 Å². The van der Waals surface area contributed by atoms with Crippen molar-refractivity contribution in [3.8, 4) is 5.75 Å². The van der Waals surface area contributed by atoms with Gasteiger partial charge >= 0.3 is 0 Å². The van der Waals surface area contributed by atoms with E-state index in [0.717, 1.165) is 27.8 Å². The normalized spacial score (nSPS) is 19.1. The molecule has 2 nitrogen and oxygen atoms in total. The summed E-state index contributed by atoms with van der Waals surface area (Å²) in [4.78, 5) is 12.0. The number of Topliss-reactive ketones (excluding diaryl/α,β-unsaturated/α-hetero) is 1. The molecule has 1 unspecified atom stereocenters. The highest BCUT2D eigenvalue weighted by molar-refractivity contribution is 9.10. The van der Waals surface area contributed by atoms with Crippen LogP contribution in [0.25, 0.3) is 0 Å². The Morgan fingerprint density at radius 3 is 2.75 bits per heavy atom. The van der Waals surface area contributed by atoms with E-state index < -0.39 is 0 Å². The summed E-state index contributed by atoms with van der Waals surface area (Å²) >= 11 is 3.48. The lowest BCUT2D eigenvalue weighted by molar-refractivity contribution is 0.0945. The molecule has 86 valence electrons. The molecule has 1 aromatic rings. The Hall–Kier alpha value is -0.830. The zero-order valence-corrected chi connectivity index (χ0v) is 11.3. The molecule has 0 spiro atoms. The minimum Gasteiger partial charge on any atom is -0.490 e. The molecule has 2 rings (SSSR count). The molecule has 0 aromatic heterocycles. The van der Waals surface area contributed by atoms with Gasteiger partial charge in [-0.2, -0.15) is 0 Å². The van der Waals surface area contributed by atoms with E-state index >= 15 is 0 Å². The highest BCUT2D eigenvalue weighted by Gasteiger charge is 2.30. The van der Waals surface area contributed by atoms with Crippen LogP contribution in [-0.4, -0.2) is 11.9 Å². The van der Waals surface area contributed by atoms with Gasteiger partial charge in [0.15, 0.2) is 5.78 Å². The fraction of sp³-hybridized carbons (Fsp3) is 0.462. The molecule has 0 saturated heterocycles. The van der Waals surface area contributed by atoms with Gasteiger partial charge in [0.1, 0.15) is 5.75 Å². The van der Waals surface area contributed by atoms with E-state index in [0.29, 0.717) is 0 Å².